The standard InChI is InChI=1S/C31H38N2O2/c1-5-13-24(14-6-1)21-26-30(17-9-3-10-18-30)34-28(32-26)23-29-33-27(22-25-15-7-2-8-16-25)31(35-29)19-11-4-12-20-31/h1-2,5-8,13-16,26-27H,3-4,9-12,17-23H2/t26-,27-/m1/s1. The van der Waals surface area contributed by atoms with Crippen LogP contribution in [0.15, 0.2) is 70.6 Å². The summed E-state index contributed by atoms with van der Waals surface area (Å²) in [6, 6.07) is 21.9. The van der Waals surface area contributed by atoms with Gasteiger partial charge in [-0.1, -0.05) is 73.5 Å². The van der Waals surface area contributed by atoms with Gasteiger partial charge in [-0.05, 0) is 75.3 Å². The highest BCUT2D eigenvalue weighted by Crippen LogP contribution is 2.44. The lowest BCUT2D eigenvalue weighted by Crippen LogP contribution is -2.44. The summed E-state index contributed by atoms with van der Waals surface area (Å²) in [4.78, 5) is 10.4. The second-order valence-electron chi connectivity index (χ2n) is 11.1. The van der Waals surface area contributed by atoms with E-state index in [0.29, 0.717) is 6.42 Å². The quantitative estimate of drug-likeness (QED) is 0.463. The molecule has 2 aliphatic carbocycles. The Hall–Kier alpha value is -2.62. The molecule has 184 valence electrons. The number of hydrogen-bond acceptors (Lipinski definition) is 4. The minimum atomic E-state index is -0.144. The molecule has 2 saturated carbocycles. The molecule has 0 bridgehead atoms. The van der Waals surface area contributed by atoms with E-state index in [1.807, 2.05) is 0 Å². The zero-order valence-electron chi connectivity index (χ0n) is 20.8. The molecule has 0 saturated heterocycles. The third-order valence-electron chi connectivity index (χ3n) is 8.70. The maximum Gasteiger partial charge on any atom is 0.193 e. The summed E-state index contributed by atoms with van der Waals surface area (Å²) >= 11 is 0. The fourth-order valence-electron chi connectivity index (χ4n) is 6.84. The number of ether oxygens (including phenoxy) is 2. The Labute approximate surface area is 209 Å². The second kappa shape index (κ2) is 9.79. The summed E-state index contributed by atoms with van der Waals surface area (Å²) in [7, 11) is 0. The van der Waals surface area contributed by atoms with Gasteiger partial charge in [0.1, 0.15) is 11.2 Å². The van der Waals surface area contributed by atoms with Crippen LogP contribution in [0, 0.1) is 0 Å². The number of rotatable bonds is 6. The molecule has 4 heteroatoms. The van der Waals surface area contributed by atoms with Gasteiger partial charge in [-0.2, -0.15) is 0 Å². The van der Waals surface area contributed by atoms with Crippen molar-refractivity contribution in [3.63, 3.8) is 0 Å². The largest absolute Gasteiger partial charge is 0.472 e. The van der Waals surface area contributed by atoms with Crippen LogP contribution in [0.5, 0.6) is 0 Å². The van der Waals surface area contributed by atoms with Gasteiger partial charge in [0.25, 0.3) is 0 Å². The molecular formula is C31H38N2O2. The van der Waals surface area contributed by atoms with Crippen LogP contribution in [0.1, 0.15) is 81.8 Å². The lowest BCUT2D eigenvalue weighted by atomic mass is 9.78. The zero-order valence-corrected chi connectivity index (χ0v) is 20.8. The van der Waals surface area contributed by atoms with Crippen molar-refractivity contribution in [2.24, 2.45) is 9.98 Å². The average Bonchev–Trinajstić information content (AvgIpc) is 3.37. The molecule has 0 amide bonds. The van der Waals surface area contributed by atoms with Crippen LogP contribution >= 0.6 is 0 Å². The van der Waals surface area contributed by atoms with Crippen molar-refractivity contribution in [3.05, 3.63) is 71.8 Å². The lowest BCUT2D eigenvalue weighted by Gasteiger charge is -2.37. The van der Waals surface area contributed by atoms with E-state index in [1.54, 1.807) is 0 Å². The monoisotopic (exact) mass is 470 g/mol. The third-order valence-corrected chi connectivity index (χ3v) is 8.70. The molecule has 4 aliphatic rings. The minimum Gasteiger partial charge on any atom is -0.472 e. The molecular weight excluding hydrogens is 432 g/mol. The number of nitrogens with zero attached hydrogens (tertiary/aromatic N) is 2. The first kappa shape index (κ1) is 22.8. The fraction of sp³-hybridized carbons (Fsp3) is 0.548. The first-order chi connectivity index (χ1) is 17.2. The van der Waals surface area contributed by atoms with Gasteiger partial charge >= 0.3 is 0 Å². The van der Waals surface area contributed by atoms with E-state index in [2.05, 4.69) is 60.7 Å². The normalized spacial score (nSPS) is 26.7. The van der Waals surface area contributed by atoms with Crippen LogP contribution in [-0.2, 0) is 22.3 Å². The lowest BCUT2D eigenvalue weighted by molar-refractivity contribution is 0.0111. The molecule has 2 spiro atoms. The number of benzene rings is 2. The molecule has 2 aliphatic heterocycles. The summed E-state index contributed by atoms with van der Waals surface area (Å²) in [6.45, 7) is 0. The van der Waals surface area contributed by atoms with E-state index < -0.39 is 0 Å². The van der Waals surface area contributed by atoms with Crippen molar-refractivity contribution < 1.29 is 9.47 Å². The summed E-state index contributed by atoms with van der Waals surface area (Å²) in [5.41, 5.74) is 2.40. The van der Waals surface area contributed by atoms with Gasteiger partial charge < -0.3 is 9.47 Å². The van der Waals surface area contributed by atoms with Crippen molar-refractivity contribution in [2.45, 2.75) is 107 Å². The highest BCUT2D eigenvalue weighted by molar-refractivity contribution is 5.99. The molecule has 2 fully saturated rings. The van der Waals surface area contributed by atoms with Crippen molar-refractivity contribution >= 4 is 11.8 Å². The Morgan fingerprint density at radius 2 is 0.971 bits per heavy atom. The van der Waals surface area contributed by atoms with Gasteiger partial charge in [-0.25, -0.2) is 9.98 Å². The Bertz CT molecular complexity index is 964. The highest BCUT2D eigenvalue weighted by atomic mass is 16.5. The van der Waals surface area contributed by atoms with Crippen LogP contribution in [0.4, 0.5) is 0 Å². The van der Waals surface area contributed by atoms with Crippen molar-refractivity contribution in [2.75, 3.05) is 0 Å². The van der Waals surface area contributed by atoms with Gasteiger partial charge in [0.2, 0.25) is 0 Å². The number of hydrogen-bond donors (Lipinski definition) is 0. The molecule has 2 aromatic carbocycles. The smallest absolute Gasteiger partial charge is 0.193 e. The van der Waals surface area contributed by atoms with Crippen LogP contribution in [0.25, 0.3) is 0 Å². The topological polar surface area (TPSA) is 43.2 Å². The Kier molecular flexibility index (Phi) is 6.39. The van der Waals surface area contributed by atoms with Crippen LogP contribution in [-0.4, -0.2) is 35.1 Å². The van der Waals surface area contributed by atoms with E-state index >= 15 is 0 Å². The first-order valence-corrected chi connectivity index (χ1v) is 13.8. The van der Waals surface area contributed by atoms with Gasteiger partial charge in [0, 0.05) is 0 Å². The van der Waals surface area contributed by atoms with Crippen LogP contribution in [0.3, 0.4) is 0 Å². The maximum atomic E-state index is 6.76. The van der Waals surface area contributed by atoms with E-state index in [0.717, 1.165) is 50.3 Å². The van der Waals surface area contributed by atoms with E-state index in [-0.39, 0.29) is 23.3 Å². The van der Waals surface area contributed by atoms with E-state index in [1.165, 1.54) is 49.7 Å². The molecule has 0 aromatic heterocycles. The zero-order chi connectivity index (χ0) is 23.6. The molecule has 35 heavy (non-hydrogen) atoms. The van der Waals surface area contributed by atoms with E-state index in [4.69, 9.17) is 19.5 Å². The fourth-order valence-corrected chi connectivity index (χ4v) is 6.84. The minimum absolute atomic E-state index is 0.144. The summed E-state index contributed by atoms with van der Waals surface area (Å²) in [6.07, 6.45) is 14.4. The van der Waals surface area contributed by atoms with Gasteiger partial charge in [0.05, 0.1) is 18.5 Å². The molecule has 6 rings (SSSR count). The van der Waals surface area contributed by atoms with Crippen LogP contribution < -0.4 is 0 Å². The first-order valence-electron chi connectivity index (χ1n) is 13.8. The molecule has 0 N–H and O–H groups in total. The molecule has 0 unspecified atom stereocenters. The predicted octanol–water partition coefficient (Wildman–Crippen LogP) is 6.86. The molecule has 4 nitrogen and oxygen atoms in total. The van der Waals surface area contributed by atoms with E-state index in [9.17, 15) is 0 Å². The van der Waals surface area contributed by atoms with Crippen LogP contribution in [0.2, 0.25) is 0 Å². The Balaban J connectivity index is 1.22. The molecule has 2 atom stereocenters. The van der Waals surface area contributed by atoms with Crippen molar-refractivity contribution in [3.8, 4) is 0 Å². The van der Waals surface area contributed by atoms with Crippen molar-refractivity contribution in [1.82, 2.24) is 0 Å². The highest BCUT2D eigenvalue weighted by Gasteiger charge is 2.50. The molecule has 2 heterocycles. The average molecular weight is 471 g/mol. The molecule has 0 radical (unpaired) electrons. The molecule has 2 aromatic rings. The SMILES string of the molecule is c1ccc(C[C@H]2N=C(CC3=N[C@H](Cc4ccccc4)C4(CCCCC4)O3)OC23CCCCC3)cc1. The van der Waals surface area contributed by atoms with Gasteiger partial charge in [-0.15, -0.1) is 0 Å². The second-order valence-corrected chi connectivity index (χ2v) is 11.1. The predicted molar refractivity (Wildman–Crippen MR) is 141 cm³/mol. The Morgan fingerprint density at radius 1 is 0.571 bits per heavy atom. The number of aliphatic imine (C=N–C) groups is 2. The Morgan fingerprint density at radius 3 is 1.37 bits per heavy atom. The summed E-state index contributed by atoms with van der Waals surface area (Å²) < 4.78 is 13.5. The van der Waals surface area contributed by atoms with Crippen molar-refractivity contribution in [1.29, 1.82) is 0 Å². The summed E-state index contributed by atoms with van der Waals surface area (Å²) in [5.74, 6) is 1.69. The summed E-state index contributed by atoms with van der Waals surface area (Å²) in [5, 5.41) is 0. The third kappa shape index (κ3) is 4.77. The van der Waals surface area contributed by atoms with Gasteiger partial charge in [0.15, 0.2) is 11.8 Å². The maximum absolute atomic E-state index is 6.76. The van der Waals surface area contributed by atoms with Gasteiger partial charge in [-0.3, -0.25) is 0 Å².